The van der Waals surface area contributed by atoms with Crippen molar-refractivity contribution in [1.82, 2.24) is 19.7 Å². The van der Waals surface area contributed by atoms with Crippen LogP contribution >= 0.6 is 11.8 Å². The highest BCUT2D eigenvalue weighted by molar-refractivity contribution is 7.99. The second kappa shape index (κ2) is 9.86. The van der Waals surface area contributed by atoms with Crippen molar-refractivity contribution >= 4 is 23.4 Å². The van der Waals surface area contributed by atoms with Gasteiger partial charge in [0.15, 0.2) is 11.0 Å². The maximum atomic E-state index is 12.5. The van der Waals surface area contributed by atoms with Crippen LogP contribution in [0.1, 0.15) is 25.3 Å². The summed E-state index contributed by atoms with van der Waals surface area (Å²) in [5.41, 5.74) is 2.99. The lowest BCUT2D eigenvalue weighted by atomic mass is 10.1. The molecule has 0 unspecified atom stereocenters. The molecular formula is C22H25N5O2S. The van der Waals surface area contributed by atoms with Crippen molar-refractivity contribution in [2.24, 2.45) is 0 Å². The molecule has 0 radical (unpaired) electrons. The van der Waals surface area contributed by atoms with E-state index in [1.54, 1.807) is 12.4 Å². The Morgan fingerprint density at radius 1 is 1.20 bits per heavy atom. The summed E-state index contributed by atoms with van der Waals surface area (Å²) in [6.45, 7) is 3.57. The molecule has 1 atom stereocenters. The summed E-state index contributed by atoms with van der Waals surface area (Å²) in [5, 5.41) is 12.4. The lowest BCUT2D eigenvalue weighted by Gasteiger charge is -2.14. The maximum Gasteiger partial charge on any atom is 0.234 e. The first-order valence-corrected chi connectivity index (χ1v) is 11.2. The highest BCUT2D eigenvalue weighted by Gasteiger charge is 2.22. The van der Waals surface area contributed by atoms with Gasteiger partial charge in [-0.05, 0) is 49.1 Å². The van der Waals surface area contributed by atoms with E-state index in [1.807, 2.05) is 36.4 Å². The number of hydrogen-bond donors (Lipinski definition) is 1. The summed E-state index contributed by atoms with van der Waals surface area (Å²) >= 11 is 1.39. The quantitative estimate of drug-likeness (QED) is 0.555. The highest BCUT2D eigenvalue weighted by Crippen LogP contribution is 2.26. The minimum Gasteiger partial charge on any atom is -0.376 e. The number of carbonyl (C=O) groups excluding carboxylic acids is 1. The van der Waals surface area contributed by atoms with Gasteiger partial charge in [0, 0.05) is 30.3 Å². The summed E-state index contributed by atoms with van der Waals surface area (Å²) in [6, 6.07) is 11.8. The van der Waals surface area contributed by atoms with Gasteiger partial charge in [0.25, 0.3) is 0 Å². The van der Waals surface area contributed by atoms with Crippen LogP contribution in [0.5, 0.6) is 0 Å². The molecule has 1 fully saturated rings. The number of nitrogens with one attached hydrogen (secondary N) is 1. The molecule has 1 aliphatic heterocycles. The molecule has 0 saturated carbocycles. The number of hydrogen-bond acceptors (Lipinski definition) is 6. The van der Waals surface area contributed by atoms with Gasteiger partial charge >= 0.3 is 0 Å². The molecular weight excluding hydrogens is 398 g/mol. The number of ether oxygens (including phenoxy) is 1. The fraction of sp³-hybridized carbons (Fsp3) is 0.364. The molecule has 3 aromatic rings. The summed E-state index contributed by atoms with van der Waals surface area (Å²) in [5.74, 6) is 0.961. The van der Waals surface area contributed by atoms with Gasteiger partial charge in [-0.25, -0.2) is 0 Å². The van der Waals surface area contributed by atoms with E-state index in [-0.39, 0.29) is 17.8 Å². The molecule has 1 N–H and O–H groups in total. The molecule has 156 valence electrons. The van der Waals surface area contributed by atoms with Crippen LogP contribution in [0.4, 0.5) is 5.69 Å². The Labute approximate surface area is 180 Å². The Hall–Kier alpha value is -2.71. The molecule has 4 rings (SSSR count). The van der Waals surface area contributed by atoms with Crippen molar-refractivity contribution in [3.8, 4) is 11.4 Å². The molecule has 7 nitrogen and oxygen atoms in total. The molecule has 1 aliphatic rings. The average Bonchev–Trinajstić information content (AvgIpc) is 3.44. The number of anilines is 1. The fourth-order valence-corrected chi connectivity index (χ4v) is 4.17. The molecule has 1 amide bonds. The van der Waals surface area contributed by atoms with Crippen LogP contribution in [-0.2, 0) is 22.5 Å². The van der Waals surface area contributed by atoms with Gasteiger partial charge in [-0.3, -0.25) is 14.3 Å². The van der Waals surface area contributed by atoms with E-state index in [1.165, 1.54) is 17.3 Å². The van der Waals surface area contributed by atoms with Crippen molar-refractivity contribution in [2.45, 2.75) is 44.0 Å². The standard InChI is InChI=1S/C22H25N5O2S/c1-2-16-5-7-18(8-6-16)24-20(28)15-30-22-26-25-21(17-9-11-23-12-10-17)27(22)14-19-4-3-13-29-19/h5-12,19H,2-4,13-15H2,1H3,(H,24,28)/t19-/m1/s1. The average molecular weight is 424 g/mol. The molecule has 30 heavy (non-hydrogen) atoms. The SMILES string of the molecule is CCc1ccc(NC(=O)CSc2nnc(-c3ccncc3)n2C[C@H]2CCCO2)cc1. The molecule has 1 aromatic carbocycles. The third-order valence-electron chi connectivity index (χ3n) is 5.04. The van der Waals surface area contributed by atoms with Crippen LogP contribution in [0.15, 0.2) is 53.9 Å². The number of pyridine rings is 1. The number of aryl methyl sites for hydroxylation is 1. The van der Waals surface area contributed by atoms with E-state index in [4.69, 9.17) is 4.74 Å². The van der Waals surface area contributed by atoms with Gasteiger partial charge in [-0.15, -0.1) is 10.2 Å². The summed E-state index contributed by atoms with van der Waals surface area (Å²) < 4.78 is 7.87. The van der Waals surface area contributed by atoms with Crippen LogP contribution < -0.4 is 5.32 Å². The van der Waals surface area contributed by atoms with Crippen molar-refractivity contribution in [3.63, 3.8) is 0 Å². The molecule has 8 heteroatoms. The first-order chi connectivity index (χ1) is 14.7. The Kier molecular flexibility index (Phi) is 6.76. The van der Waals surface area contributed by atoms with E-state index < -0.39 is 0 Å². The van der Waals surface area contributed by atoms with E-state index in [0.717, 1.165) is 42.9 Å². The molecule has 0 aliphatic carbocycles. The summed E-state index contributed by atoms with van der Waals surface area (Å²) in [7, 11) is 0. The second-order valence-corrected chi connectivity index (χ2v) is 8.12. The number of aromatic nitrogens is 4. The van der Waals surface area contributed by atoms with E-state index >= 15 is 0 Å². The number of thioether (sulfide) groups is 1. The van der Waals surface area contributed by atoms with Gasteiger partial charge in [0.1, 0.15) is 0 Å². The monoisotopic (exact) mass is 423 g/mol. The molecule has 1 saturated heterocycles. The summed E-state index contributed by atoms with van der Waals surface area (Å²) in [4.78, 5) is 16.5. The topological polar surface area (TPSA) is 81.9 Å². The zero-order valence-electron chi connectivity index (χ0n) is 17.0. The van der Waals surface area contributed by atoms with Crippen molar-refractivity contribution in [2.75, 3.05) is 17.7 Å². The zero-order chi connectivity index (χ0) is 20.8. The van der Waals surface area contributed by atoms with Crippen LogP contribution in [0.25, 0.3) is 11.4 Å². The van der Waals surface area contributed by atoms with E-state index in [9.17, 15) is 4.79 Å². The lowest BCUT2D eigenvalue weighted by Crippen LogP contribution is -2.18. The number of rotatable bonds is 8. The predicted octanol–water partition coefficient (Wildman–Crippen LogP) is 3.81. The van der Waals surface area contributed by atoms with Crippen LogP contribution in [0.3, 0.4) is 0 Å². The van der Waals surface area contributed by atoms with Gasteiger partial charge in [0.2, 0.25) is 5.91 Å². The van der Waals surface area contributed by atoms with Gasteiger partial charge in [0.05, 0.1) is 18.4 Å². The zero-order valence-corrected chi connectivity index (χ0v) is 17.8. The number of amides is 1. The highest BCUT2D eigenvalue weighted by atomic mass is 32.2. The largest absolute Gasteiger partial charge is 0.376 e. The Morgan fingerprint density at radius 2 is 2.00 bits per heavy atom. The van der Waals surface area contributed by atoms with E-state index in [2.05, 4.69) is 32.0 Å². The lowest BCUT2D eigenvalue weighted by molar-refractivity contribution is -0.113. The number of carbonyl (C=O) groups is 1. The molecule has 0 bridgehead atoms. The van der Waals surface area contributed by atoms with E-state index in [0.29, 0.717) is 11.7 Å². The molecule has 2 aromatic heterocycles. The number of benzene rings is 1. The third kappa shape index (κ3) is 5.06. The predicted molar refractivity (Wildman–Crippen MR) is 117 cm³/mol. The van der Waals surface area contributed by atoms with Crippen molar-refractivity contribution in [1.29, 1.82) is 0 Å². The smallest absolute Gasteiger partial charge is 0.234 e. The maximum absolute atomic E-state index is 12.5. The van der Waals surface area contributed by atoms with Crippen LogP contribution in [-0.4, -0.2) is 44.1 Å². The van der Waals surface area contributed by atoms with Gasteiger partial charge < -0.3 is 10.1 Å². The molecule has 0 spiro atoms. The molecule has 3 heterocycles. The minimum absolute atomic E-state index is 0.0682. The summed E-state index contributed by atoms with van der Waals surface area (Å²) in [6.07, 6.45) is 6.69. The normalized spacial score (nSPS) is 16.0. The Balaban J connectivity index is 1.45. The van der Waals surface area contributed by atoms with Crippen molar-refractivity contribution < 1.29 is 9.53 Å². The van der Waals surface area contributed by atoms with Crippen LogP contribution in [0.2, 0.25) is 0 Å². The minimum atomic E-state index is -0.0682. The first kappa shape index (κ1) is 20.6. The Bertz CT molecular complexity index is 969. The van der Waals surface area contributed by atoms with Crippen molar-refractivity contribution in [3.05, 3.63) is 54.4 Å². The van der Waals surface area contributed by atoms with Crippen LogP contribution in [0, 0.1) is 0 Å². The second-order valence-electron chi connectivity index (χ2n) is 7.18. The number of nitrogens with zero attached hydrogens (tertiary/aromatic N) is 4. The third-order valence-corrected chi connectivity index (χ3v) is 6.01. The van der Waals surface area contributed by atoms with Gasteiger partial charge in [-0.2, -0.15) is 0 Å². The fourth-order valence-electron chi connectivity index (χ4n) is 3.42. The van der Waals surface area contributed by atoms with Gasteiger partial charge in [-0.1, -0.05) is 30.8 Å². The Morgan fingerprint density at radius 3 is 2.70 bits per heavy atom. The first-order valence-electron chi connectivity index (χ1n) is 10.2.